The third-order valence-electron chi connectivity index (χ3n) is 2.02. The number of ether oxygens (including phenoxy) is 2. The molecular formula is C10H13Cl2NO2. The van der Waals surface area contributed by atoms with Gasteiger partial charge in [-0.25, -0.2) is 0 Å². The van der Waals surface area contributed by atoms with Crippen molar-refractivity contribution in [2.75, 3.05) is 20.8 Å². The second-order valence-electron chi connectivity index (χ2n) is 3.07. The summed E-state index contributed by atoms with van der Waals surface area (Å²) < 4.78 is 9.98. The average molecular weight is 250 g/mol. The standard InChI is InChI=1S/C10H13Cl2NO2/c1-14-5-9(13)6-3-8(12)10(15-2)4-7(6)11/h3-4,9H,5,13H2,1-2H3. The Morgan fingerprint density at radius 2 is 1.93 bits per heavy atom. The largest absolute Gasteiger partial charge is 0.495 e. The first-order chi connectivity index (χ1) is 7.10. The third kappa shape index (κ3) is 2.98. The molecule has 0 aromatic heterocycles. The van der Waals surface area contributed by atoms with E-state index in [0.29, 0.717) is 22.4 Å². The fraction of sp³-hybridized carbons (Fsp3) is 0.400. The summed E-state index contributed by atoms with van der Waals surface area (Å²) in [6.45, 7) is 0.391. The Labute approximate surface area is 99.1 Å². The van der Waals surface area contributed by atoms with Crippen molar-refractivity contribution < 1.29 is 9.47 Å². The molecule has 2 N–H and O–H groups in total. The maximum absolute atomic E-state index is 6.04. The number of hydrogen-bond acceptors (Lipinski definition) is 3. The van der Waals surface area contributed by atoms with Crippen LogP contribution in [0.5, 0.6) is 5.75 Å². The zero-order chi connectivity index (χ0) is 11.4. The minimum absolute atomic E-state index is 0.286. The first-order valence-corrected chi connectivity index (χ1v) is 5.13. The molecule has 1 atom stereocenters. The summed E-state index contributed by atoms with van der Waals surface area (Å²) in [4.78, 5) is 0. The summed E-state index contributed by atoms with van der Waals surface area (Å²) in [6, 6.07) is 3.06. The highest BCUT2D eigenvalue weighted by atomic mass is 35.5. The van der Waals surface area contributed by atoms with Gasteiger partial charge in [0.1, 0.15) is 5.75 Å². The number of rotatable bonds is 4. The van der Waals surface area contributed by atoms with Crippen molar-refractivity contribution in [1.29, 1.82) is 0 Å². The monoisotopic (exact) mass is 249 g/mol. The van der Waals surface area contributed by atoms with E-state index in [2.05, 4.69) is 0 Å². The van der Waals surface area contributed by atoms with Gasteiger partial charge in [0.25, 0.3) is 0 Å². The molecule has 0 bridgehead atoms. The molecule has 15 heavy (non-hydrogen) atoms. The summed E-state index contributed by atoms with van der Waals surface area (Å²) in [6.07, 6.45) is 0. The van der Waals surface area contributed by atoms with Gasteiger partial charge in [0.2, 0.25) is 0 Å². The lowest BCUT2D eigenvalue weighted by atomic mass is 10.1. The van der Waals surface area contributed by atoms with Crippen LogP contribution in [0.25, 0.3) is 0 Å². The van der Waals surface area contributed by atoms with Crippen LogP contribution in [0.2, 0.25) is 10.0 Å². The Kier molecular flexibility index (Phi) is 4.67. The number of halogens is 2. The van der Waals surface area contributed by atoms with Gasteiger partial charge < -0.3 is 15.2 Å². The highest BCUT2D eigenvalue weighted by molar-refractivity contribution is 6.34. The topological polar surface area (TPSA) is 44.5 Å². The molecule has 0 heterocycles. The van der Waals surface area contributed by atoms with Gasteiger partial charge in [0, 0.05) is 18.2 Å². The van der Waals surface area contributed by atoms with Crippen LogP contribution in [0.15, 0.2) is 12.1 Å². The predicted molar refractivity (Wildman–Crippen MR) is 61.8 cm³/mol. The smallest absolute Gasteiger partial charge is 0.138 e. The third-order valence-corrected chi connectivity index (χ3v) is 2.64. The zero-order valence-electron chi connectivity index (χ0n) is 8.59. The van der Waals surface area contributed by atoms with E-state index in [9.17, 15) is 0 Å². The Morgan fingerprint density at radius 1 is 1.27 bits per heavy atom. The lowest BCUT2D eigenvalue weighted by Gasteiger charge is -2.14. The van der Waals surface area contributed by atoms with Crippen LogP contribution in [-0.4, -0.2) is 20.8 Å². The van der Waals surface area contributed by atoms with E-state index >= 15 is 0 Å². The van der Waals surface area contributed by atoms with Crippen LogP contribution in [0.4, 0.5) is 0 Å². The van der Waals surface area contributed by atoms with E-state index in [1.54, 1.807) is 19.2 Å². The van der Waals surface area contributed by atoms with Crippen molar-refractivity contribution in [2.24, 2.45) is 5.73 Å². The van der Waals surface area contributed by atoms with E-state index in [4.69, 9.17) is 38.4 Å². The number of benzene rings is 1. The van der Waals surface area contributed by atoms with Crippen molar-refractivity contribution in [1.82, 2.24) is 0 Å². The molecule has 0 radical (unpaired) electrons. The van der Waals surface area contributed by atoms with Crippen molar-refractivity contribution in [3.05, 3.63) is 27.7 Å². The molecule has 0 saturated heterocycles. The predicted octanol–water partition coefficient (Wildman–Crippen LogP) is 2.65. The van der Waals surface area contributed by atoms with Crippen LogP contribution in [0, 0.1) is 0 Å². The molecule has 3 nitrogen and oxygen atoms in total. The fourth-order valence-electron chi connectivity index (χ4n) is 1.25. The minimum Gasteiger partial charge on any atom is -0.495 e. The maximum atomic E-state index is 6.04. The minimum atomic E-state index is -0.286. The second-order valence-corrected chi connectivity index (χ2v) is 3.88. The van der Waals surface area contributed by atoms with Crippen molar-refractivity contribution in [3.63, 3.8) is 0 Å². The molecule has 1 aromatic carbocycles. The normalized spacial score (nSPS) is 12.6. The average Bonchev–Trinajstić information content (AvgIpc) is 2.21. The molecule has 0 aliphatic carbocycles. The molecule has 5 heteroatoms. The lowest BCUT2D eigenvalue weighted by molar-refractivity contribution is 0.181. The molecule has 0 amide bonds. The lowest BCUT2D eigenvalue weighted by Crippen LogP contribution is -2.16. The maximum Gasteiger partial charge on any atom is 0.138 e. The first kappa shape index (κ1) is 12.6. The molecule has 1 rings (SSSR count). The van der Waals surface area contributed by atoms with Crippen LogP contribution in [0.3, 0.4) is 0 Å². The van der Waals surface area contributed by atoms with Crippen LogP contribution in [-0.2, 0) is 4.74 Å². The molecule has 0 fully saturated rings. The molecule has 0 saturated carbocycles. The Bertz CT molecular complexity index is 344. The van der Waals surface area contributed by atoms with Crippen molar-refractivity contribution in [2.45, 2.75) is 6.04 Å². The molecule has 0 aliphatic rings. The first-order valence-electron chi connectivity index (χ1n) is 4.37. The van der Waals surface area contributed by atoms with E-state index in [1.807, 2.05) is 0 Å². The van der Waals surface area contributed by atoms with Crippen LogP contribution in [0.1, 0.15) is 11.6 Å². The van der Waals surface area contributed by atoms with Crippen molar-refractivity contribution in [3.8, 4) is 5.75 Å². The Hall–Kier alpha value is -0.480. The van der Waals surface area contributed by atoms with Gasteiger partial charge in [-0.3, -0.25) is 0 Å². The summed E-state index contributed by atoms with van der Waals surface area (Å²) >= 11 is 12.0. The Balaban J connectivity index is 3.04. The van der Waals surface area contributed by atoms with Crippen molar-refractivity contribution >= 4 is 23.2 Å². The summed E-state index contributed by atoms with van der Waals surface area (Å²) in [5.41, 5.74) is 6.61. The van der Waals surface area contributed by atoms with E-state index < -0.39 is 0 Å². The number of nitrogens with two attached hydrogens (primary N) is 1. The highest BCUT2D eigenvalue weighted by Crippen LogP contribution is 2.33. The fourth-order valence-corrected chi connectivity index (χ4v) is 1.80. The van der Waals surface area contributed by atoms with Crippen LogP contribution >= 0.6 is 23.2 Å². The number of methoxy groups -OCH3 is 2. The molecule has 0 spiro atoms. The van der Waals surface area contributed by atoms with Gasteiger partial charge in [-0.1, -0.05) is 23.2 Å². The van der Waals surface area contributed by atoms with E-state index in [-0.39, 0.29) is 6.04 Å². The molecule has 0 aliphatic heterocycles. The van der Waals surface area contributed by atoms with Gasteiger partial charge in [-0.2, -0.15) is 0 Å². The highest BCUT2D eigenvalue weighted by Gasteiger charge is 2.13. The summed E-state index contributed by atoms with van der Waals surface area (Å²) in [5.74, 6) is 0.537. The van der Waals surface area contributed by atoms with E-state index in [1.165, 1.54) is 7.11 Å². The number of hydrogen-bond donors (Lipinski definition) is 1. The molecular weight excluding hydrogens is 237 g/mol. The Morgan fingerprint density at radius 3 is 2.47 bits per heavy atom. The van der Waals surface area contributed by atoms with Gasteiger partial charge in [-0.15, -0.1) is 0 Å². The van der Waals surface area contributed by atoms with Gasteiger partial charge in [0.15, 0.2) is 0 Å². The molecule has 1 unspecified atom stereocenters. The zero-order valence-corrected chi connectivity index (χ0v) is 10.1. The summed E-state index contributed by atoms with van der Waals surface area (Å²) in [5, 5.41) is 1.02. The quantitative estimate of drug-likeness (QED) is 0.893. The van der Waals surface area contributed by atoms with Gasteiger partial charge in [-0.05, 0) is 11.6 Å². The van der Waals surface area contributed by atoms with E-state index in [0.717, 1.165) is 5.56 Å². The molecule has 1 aromatic rings. The van der Waals surface area contributed by atoms with Gasteiger partial charge >= 0.3 is 0 Å². The van der Waals surface area contributed by atoms with Crippen LogP contribution < -0.4 is 10.5 Å². The second kappa shape index (κ2) is 5.56. The summed E-state index contributed by atoms with van der Waals surface area (Å²) in [7, 11) is 3.12. The molecule has 84 valence electrons. The SMILES string of the molecule is COCC(N)c1cc(Cl)c(OC)cc1Cl. The van der Waals surface area contributed by atoms with Gasteiger partial charge in [0.05, 0.1) is 24.8 Å².